The summed E-state index contributed by atoms with van der Waals surface area (Å²) in [5.74, 6) is -0.378. The molecule has 2 N–H and O–H groups in total. The van der Waals surface area contributed by atoms with Crippen molar-refractivity contribution >= 4 is 17.6 Å². The van der Waals surface area contributed by atoms with Crippen LogP contribution in [0.2, 0.25) is 0 Å². The SMILES string of the molecule is CC(C)NC(=O)NCC(=O)N1CCN(c2ccccc2F)CC1. The molecule has 0 spiro atoms. The Balaban J connectivity index is 1.79. The van der Waals surface area contributed by atoms with E-state index in [4.69, 9.17) is 0 Å². The molecule has 0 saturated carbocycles. The molecule has 0 unspecified atom stereocenters. The molecule has 126 valence electrons. The second-order valence-corrected chi connectivity index (χ2v) is 5.80. The highest BCUT2D eigenvalue weighted by atomic mass is 19.1. The second kappa shape index (κ2) is 7.80. The Bertz CT molecular complexity index is 557. The van der Waals surface area contributed by atoms with Gasteiger partial charge in [0.25, 0.3) is 0 Å². The maximum Gasteiger partial charge on any atom is 0.315 e. The number of carbonyl (C=O) groups is 2. The van der Waals surface area contributed by atoms with Gasteiger partial charge in [-0.05, 0) is 26.0 Å². The maximum absolute atomic E-state index is 13.8. The van der Waals surface area contributed by atoms with Gasteiger partial charge in [0.1, 0.15) is 5.82 Å². The Morgan fingerprint density at radius 3 is 2.43 bits per heavy atom. The van der Waals surface area contributed by atoms with Crippen LogP contribution in [0.4, 0.5) is 14.9 Å². The van der Waals surface area contributed by atoms with Gasteiger partial charge in [0.05, 0.1) is 12.2 Å². The summed E-state index contributed by atoms with van der Waals surface area (Å²) in [6.45, 7) is 5.85. The van der Waals surface area contributed by atoms with Crippen molar-refractivity contribution in [2.45, 2.75) is 19.9 Å². The van der Waals surface area contributed by atoms with E-state index in [2.05, 4.69) is 10.6 Å². The highest BCUT2D eigenvalue weighted by molar-refractivity contribution is 5.84. The number of hydrogen-bond donors (Lipinski definition) is 2. The standard InChI is InChI=1S/C16H23FN4O2/c1-12(2)19-16(23)18-11-15(22)21-9-7-20(8-10-21)14-6-4-3-5-13(14)17/h3-6,12H,7-11H2,1-2H3,(H2,18,19,23). The van der Waals surface area contributed by atoms with E-state index in [9.17, 15) is 14.0 Å². The third kappa shape index (κ3) is 4.84. The molecule has 6 nitrogen and oxygen atoms in total. The molecule has 0 aliphatic carbocycles. The zero-order chi connectivity index (χ0) is 16.8. The number of nitrogens with one attached hydrogen (secondary N) is 2. The van der Waals surface area contributed by atoms with Crippen LogP contribution in [-0.2, 0) is 4.79 Å². The Kier molecular flexibility index (Phi) is 5.78. The molecule has 1 heterocycles. The zero-order valence-corrected chi connectivity index (χ0v) is 13.5. The number of rotatable bonds is 4. The first-order chi connectivity index (χ1) is 11.0. The van der Waals surface area contributed by atoms with Crippen molar-refractivity contribution in [1.29, 1.82) is 0 Å². The number of hydrogen-bond acceptors (Lipinski definition) is 3. The topological polar surface area (TPSA) is 64.7 Å². The number of urea groups is 1. The van der Waals surface area contributed by atoms with Crippen molar-refractivity contribution in [3.63, 3.8) is 0 Å². The summed E-state index contributed by atoms with van der Waals surface area (Å²) in [6, 6.07) is 6.31. The van der Waals surface area contributed by atoms with Gasteiger partial charge in [-0.15, -0.1) is 0 Å². The lowest BCUT2D eigenvalue weighted by atomic mass is 10.2. The van der Waals surface area contributed by atoms with Crippen LogP contribution < -0.4 is 15.5 Å². The van der Waals surface area contributed by atoms with Gasteiger partial charge in [0, 0.05) is 32.2 Å². The number of anilines is 1. The Morgan fingerprint density at radius 1 is 1.17 bits per heavy atom. The third-order valence-corrected chi connectivity index (χ3v) is 3.65. The quantitative estimate of drug-likeness (QED) is 0.875. The van der Waals surface area contributed by atoms with Crippen LogP contribution in [0.3, 0.4) is 0 Å². The lowest BCUT2D eigenvalue weighted by molar-refractivity contribution is -0.130. The molecule has 1 fully saturated rings. The van der Waals surface area contributed by atoms with Gasteiger partial charge in [0.2, 0.25) is 5.91 Å². The molecule has 23 heavy (non-hydrogen) atoms. The highest BCUT2D eigenvalue weighted by Gasteiger charge is 2.22. The molecule has 1 aliphatic rings. The predicted octanol–water partition coefficient (Wildman–Crippen LogP) is 1.18. The highest BCUT2D eigenvalue weighted by Crippen LogP contribution is 2.19. The van der Waals surface area contributed by atoms with Crippen molar-refractivity contribution in [3.05, 3.63) is 30.1 Å². The molecule has 1 aromatic carbocycles. The number of halogens is 1. The van der Waals surface area contributed by atoms with Crippen LogP contribution in [0, 0.1) is 5.82 Å². The minimum Gasteiger partial charge on any atom is -0.366 e. The van der Waals surface area contributed by atoms with Gasteiger partial charge >= 0.3 is 6.03 Å². The Hall–Kier alpha value is -2.31. The lowest BCUT2D eigenvalue weighted by Gasteiger charge is -2.36. The molecule has 0 radical (unpaired) electrons. The van der Waals surface area contributed by atoms with Gasteiger partial charge < -0.3 is 20.4 Å². The molecule has 3 amide bonds. The number of para-hydroxylation sites is 1. The third-order valence-electron chi connectivity index (χ3n) is 3.65. The van der Waals surface area contributed by atoms with E-state index in [0.717, 1.165) is 0 Å². The molecule has 0 atom stereocenters. The molecule has 1 aliphatic heterocycles. The van der Waals surface area contributed by atoms with Gasteiger partial charge in [-0.25, -0.2) is 9.18 Å². The fraction of sp³-hybridized carbons (Fsp3) is 0.500. The molecule has 1 aromatic rings. The first-order valence-corrected chi connectivity index (χ1v) is 7.79. The van der Waals surface area contributed by atoms with Crippen molar-refractivity contribution < 1.29 is 14.0 Å². The number of amides is 3. The molecule has 0 bridgehead atoms. The summed E-state index contributed by atoms with van der Waals surface area (Å²) < 4.78 is 13.8. The number of benzene rings is 1. The summed E-state index contributed by atoms with van der Waals surface area (Å²) in [4.78, 5) is 27.2. The fourth-order valence-corrected chi connectivity index (χ4v) is 2.49. The van der Waals surface area contributed by atoms with Crippen LogP contribution in [0.15, 0.2) is 24.3 Å². The van der Waals surface area contributed by atoms with Gasteiger partial charge in [-0.3, -0.25) is 4.79 Å². The van der Waals surface area contributed by atoms with Crippen LogP contribution in [0.1, 0.15) is 13.8 Å². The molecular formula is C16H23FN4O2. The van der Waals surface area contributed by atoms with Crippen molar-refractivity contribution in [2.75, 3.05) is 37.6 Å². The fourth-order valence-electron chi connectivity index (χ4n) is 2.49. The van der Waals surface area contributed by atoms with Gasteiger partial charge in [-0.2, -0.15) is 0 Å². The maximum atomic E-state index is 13.8. The predicted molar refractivity (Wildman–Crippen MR) is 86.9 cm³/mol. The minimum atomic E-state index is -0.349. The molecule has 2 rings (SSSR count). The van der Waals surface area contributed by atoms with E-state index in [1.165, 1.54) is 6.07 Å². The smallest absolute Gasteiger partial charge is 0.315 e. The minimum absolute atomic E-state index is 0.0226. The summed E-state index contributed by atoms with van der Waals surface area (Å²) in [5, 5.41) is 5.21. The molecule has 1 saturated heterocycles. The Labute approximate surface area is 135 Å². The zero-order valence-electron chi connectivity index (χ0n) is 13.5. The van der Waals surface area contributed by atoms with E-state index < -0.39 is 0 Å². The van der Waals surface area contributed by atoms with Crippen molar-refractivity contribution in [3.8, 4) is 0 Å². The normalized spacial score (nSPS) is 14.8. The Morgan fingerprint density at radius 2 is 1.83 bits per heavy atom. The van der Waals surface area contributed by atoms with E-state index in [0.29, 0.717) is 31.9 Å². The van der Waals surface area contributed by atoms with Crippen molar-refractivity contribution in [1.82, 2.24) is 15.5 Å². The molecule has 0 aromatic heterocycles. The molecule has 7 heteroatoms. The number of carbonyl (C=O) groups excluding carboxylic acids is 2. The number of nitrogens with zero attached hydrogens (tertiary/aromatic N) is 2. The summed E-state index contributed by atoms with van der Waals surface area (Å²) in [6.07, 6.45) is 0. The van der Waals surface area contributed by atoms with E-state index in [-0.39, 0.29) is 30.3 Å². The summed E-state index contributed by atoms with van der Waals surface area (Å²) in [7, 11) is 0. The van der Waals surface area contributed by atoms with Crippen LogP contribution >= 0.6 is 0 Å². The second-order valence-electron chi connectivity index (χ2n) is 5.80. The van der Waals surface area contributed by atoms with E-state index >= 15 is 0 Å². The van der Waals surface area contributed by atoms with E-state index in [1.807, 2.05) is 18.7 Å². The van der Waals surface area contributed by atoms with Crippen LogP contribution in [0.25, 0.3) is 0 Å². The van der Waals surface area contributed by atoms with Gasteiger partial charge in [0.15, 0.2) is 0 Å². The first kappa shape index (κ1) is 17.1. The largest absolute Gasteiger partial charge is 0.366 e. The van der Waals surface area contributed by atoms with Gasteiger partial charge in [-0.1, -0.05) is 12.1 Å². The van der Waals surface area contributed by atoms with Crippen molar-refractivity contribution in [2.24, 2.45) is 0 Å². The monoisotopic (exact) mass is 322 g/mol. The average Bonchev–Trinajstić information content (AvgIpc) is 2.53. The summed E-state index contributed by atoms with van der Waals surface area (Å²) in [5.41, 5.74) is 0.564. The van der Waals surface area contributed by atoms with Crippen LogP contribution in [-0.4, -0.2) is 55.6 Å². The molecular weight excluding hydrogens is 299 g/mol. The van der Waals surface area contributed by atoms with E-state index in [1.54, 1.807) is 23.1 Å². The average molecular weight is 322 g/mol. The van der Waals surface area contributed by atoms with Crippen LogP contribution in [0.5, 0.6) is 0 Å². The lowest BCUT2D eigenvalue weighted by Crippen LogP contribution is -2.52. The number of piperazine rings is 1. The first-order valence-electron chi connectivity index (χ1n) is 7.79. The summed E-state index contributed by atoms with van der Waals surface area (Å²) >= 11 is 0.